The summed E-state index contributed by atoms with van der Waals surface area (Å²) in [7, 11) is 0. The maximum absolute atomic E-state index is 5.96. The lowest BCUT2D eigenvalue weighted by Crippen LogP contribution is -2.23. The molecule has 4 heteroatoms. The molecule has 1 heterocycles. The van der Waals surface area contributed by atoms with Crippen LogP contribution in [-0.4, -0.2) is 16.0 Å². The van der Waals surface area contributed by atoms with Crippen molar-refractivity contribution in [2.24, 2.45) is 5.73 Å². The summed E-state index contributed by atoms with van der Waals surface area (Å²) in [6.45, 7) is 0. The third kappa shape index (κ3) is 1.62. The fraction of sp³-hybridized carbons (Fsp3) is 0.556. The molecular formula is C9H14N4. The summed E-state index contributed by atoms with van der Waals surface area (Å²) in [6.07, 6.45) is 5.10. The van der Waals surface area contributed by atoms with Crippen LogP contribution in [0.1, 0.15) is 30.9 Å². The maximum atomic E-state index is 5.96. The normalized spacial score (nSPS) is 27.8. The zero-order valence-corrected chi connectivity index (χ0v) is 7.48. The van der Waals surface area contributed by atoms with Crippen LogP contribution in [0.3, 0.4) is 0 Å². The molecule has 4 N–H and O–H groups in total. The molecule has 0 saturated heterocycles. The summed E-state index contributed by atoms with van der Waals surface area (Å²) in [5.74, 6) is 0.724. The van der Waals surface area contributed by atoms with Crippen LogP contribution < -0.4 is 11.5 Å². The zero-order valence-electron chi connectivity index (χ0n) is 7.48. The van der Waals surface area contributed by atoms with Gasteiger partial charge in [0, 0.05) is 18.2 Å². The third-order valence-corrected chi connectivity index (χ3v) is 2.65. The van der Waals surface area contributed by atoms with Gasteiger partial charge in [0.05, 0.1) is 5.69 Å². The predicted octanol–water partition coefficient (Wildman–Crippen LogP) is 0.654. The summed E-state index contributed by atoms with van der Waals surface area (Å²) in [4.78, 5) is 8.05. The third-order valence-electron chi connectivity index (χ3n) is 2.65. The molecule has 2 rings (SSSR count). The van der Waals surface area contributed by atoms with Crippen LogP contribution in [0.4, 0.5) is 5.95 Å². The van der Waals surface area contributed by atoms with Gasteiger partial charge in [-0.05, 0) is 18.9 Å². The lowest BCUT2D eigenvalue weighted by atomic mass is 10.0. The number of aromatic nitrogens is 2. The lowest BCUT2D eigenvalue weighted by molar-refractivity contribution is 0.598. The molecule has 0 aromatic carbocycles. The number of rotatable bonds is 1. The van der Waals surface area contributed by atoms with Crippen LogP contribution in [0.25, 0.3) is 0 Å². The summed E-state index contributed by atoms with van der Waals surface area (Å²) >= 11 is 0. The molecule has 4 nitrogen and oxygen atoms in total. The molecule has 0 bridgehead atoms. The van der Waals surface area contributed by atoms with Crippen LogP contribution in [0.15, 0.2) is 12.3 Å². The first-order chi connectivity index (χ1) is 6.27. The van der Waals surface area contributed by atoms with E-state index in [1.807, 2.05) is 6.07 Å². The van der Waals surface area contributed by atoms with E-state index in [0.29, 0.717) is 11.9 Å². The van der Waals surface area contributed by atoms with E-state index in [1.54, 1.807) is 6.20 Å². The molecular weight excluding hydrogens is 164 g/mol. The molecule has 1 aromatic heterocycles. The second kappa shape index (κ2) is 3.30. The van der Waals surface area contributed by atoms with Gasteiger partial charge in [-0.3, -0.25) is 0 Å². The van der Waals surface area contributed by atoms with Crippen molar-refractivity contribution < 1.29 is 0 Å². The minimum Gasteiger partial charge on any atom is -0.368 e. The Morgan fingerprint density at radius 3 is 2.85 bits per heavy atom. The minimum absolute atomic E-state index is 0.245. The van der Waals surface area contributed by atoms with E-state index in [9.17, 15) is 0 Å². The van der Waals surface area contributed by atoms with Crippen LogP contribution in [-0.2, 0) is 0 Å². The van der Waals surface area contributed by atoms with Gasteiger partial charge >= 0.3 is 0 Å². The van der Waals surface area contributed by atoms with Gasteiger partial charge in [-0.1, -0.05) is 6.42 Å². The summed E-state index contributed by atoms with van der Waals surface area (Å²) in [6, 6.07) is 2.15. The first-order valence-corrected chi connectivity index (χ1v) is 4.61. The average molecular weight is 178 g/mol. The molecule has 1 aromatic rings. The van der Waals surface area contributed by atoms with E-state index in [2.05, 4.69) is 9.97 Å². The van der Waals surface area contributed by atoms with E-state index < -0.39 is 0 Å². The van der Waals surface area contributed by atoms with Crippen molar-refractivity contribution in [1.29, 1.82) is 0 Å². The second-order valence-electron chi connectivity index (χ2n) is 3.54. The van der Waals surface area contributed by atoms with Gasteiger partial charge in [0.1, 0.15) is 0 Å². The molecule has 0 spiro atoms. The van der Waals surface area contributed by atoms with E-state index in [4.69, 9.17) is 11.5 Å². The van der Waals surface area contributed by atoms with Crippen LogP contribution in [0.2, 0.25) is 0 Å². The number of nitrogen functional groups attached to an aromatic ring is 1. The van der Waals surface area contributed by atoms with Crippen molar-refractivity contribution in [3.05, 3.63) is 18.0 Å². The highest BCUT2D eigenvalue weighted by atomic mass is 15.0. The smallest absolute Gasteiger partial charge is 0.220 e. The van der Waals surface area contributed by atoms with Crippen LogP contribution in [0, 0.1) is 0 Å². The second-order valence-corrected chi connectivity index (χ2v) is 3.54. The Balaban J connectivity index is 2.24. The summed E-state index contributed by atoms with van der Waals surface area (Å²) in [5.41, 5.74) is 12.5. The topological polar surface area (TPSA) is 77.8 Å². The minimum atomic E-state index is 0.245. The number of nitrogens with zero attached hydrogens (tertiary/aromatic N) is 2. The Morgan fingerprint density at radius 2 is 2.23 bits per heavy atom. The maximum Gasteiger partial charge on any atom is 0.220 e. The first kappa shape index (κ1) is 8.44. The molecule has 70 valence electrons. The van der Waals surface area contributed by atoms with E-state index in [1.165, 1.54) is 6.42 Å². The van der Waals surface area contributed by atoms with E-state index >= 15 is 0 Å². The number of anilines is 1. The standard InChI is InChI=1S/C9H14N4/c10-7-3-1-2-6(7)8-4-5-12-9(11)13-8/h4-7H,1-3,10H2,(H2,11,12,13). The Bertz CT molecular complexity index is 299. The number of nitrogens with two attached hydrogens (primary N) is 2. The molecule has 1 saturated carbocycles. The Morgan fingerprint density at radius 1 is 1.38 bits per heavy atom. The van der Waals surface area contributed by atoms with Gasteiger partial charge in [0.2, 0.25) is 5.95 Å². The molecule has 0 amide bonds. The highest BCUT2D eigenvalue weighted by Crippen LogP contribution is 2.31. The number of hydrogen-bond acceptors (Lipinski definition) is 4. The van der Waals surface area contributed by atoms with Crippen molar-refractivity contribution in [2.75, 3.05) is 5.73 Å². The fourth-order valence-electron chi connectivity index (χ4n) is 1.95. The highest BCUT2D eigenvalue weighted by molar-refractivity contribution is 5.21. The van der Waals surface area contributed by atoms with Gasteiger partial charge in [0.25, 0.3) is 0 Å². The van der Waals surface area contributed by atoms with Crippen molar-refractivity contribution >= 4 is 5.95 Å². The molecule has 0 radical (unpaired) electrons. The van der Waals surface area contributed by atoms with Crippen molar-refractivity contribution in [1.82, 2.24) is 9.97 Å². The van der Waals surface area contributed by atoms with E-state index in [0.717, 1.165) is 18.5 Å². The Labute approximate surface area is 77.4 Å². The fourth-order valence-corrected chi connectivity index (χ4v) is 1.95. The monoisotopic (exact) mass is 178 g/mol. The quantitative estimate of drug-likeness (QED) is 0.662. The Hall–Kier alpha value is -1.16. The lowest BCUT2D eigenvalue weighted by Gasteiger charge is -2.14. The SMILES string of the molecule is Nc1nccc(C2CCCC2N)n1. The number of hydrogen-bond donors (Lipinski definition) is 2. The molecule has 1 aliphatic rings. The molecule has 2 atom stereocenters. The molecule has 1 aliphatic carbocycles. The van der Waals surface area contributed by atoms with Gasteiger partial charge in [-0.25, -0.2) is 9.97 Å². The highest BCUT2D eigenvalue weighted by Gasteiger charge is 2.26. The van der Waals surface area contributed by atoms with Crippen molar-refractivity contribution in [2.45, 2.75) is 31.2 Å². The molecule has 0 aliphatic heterocycles. The van der Waals surface area contributed by atoms with Crippen LogP contribution in [0.5, 0.6) is 0 Å². The van der Waals surface area contributed by atoms with Gasteiger partial charge in [0.15, 0.2) is 0 Å². The predicted molar refractivity (Wildman–Crippen MR) is 51.0 cm³/mol. The molecule has 1 fully saturated rings. The first-order valence-electron chi connectivity index (χ1n) is 4.61. The zero-order chi connectivity index (χ0) is 9.26. The van der Waals surface area contributed by atoms with Crippen LogP contribution >= 0.6 is 0 Å². The van der Waals surface area contributed by atoms with Gasteiger partial charge in [-0.15, -0.1) is 0 Å². The van der Waals surface area contributed by atoms with Crippen molar-refractivity contribution in [3.63, 3.8) is 0 Å². The largest absolute Gasteiger partial charge is 0.368 e. The molecule has 13 heavy (non-hydrogen) atoms. The van der Waals surface area contributed by atoms with Crippen molar-refractivity contribution in [3.8, 4) is 0 Å². The van der Waals surface area contributed by atoms with E-state index in [-0.39, 0.29) is 6.04 Å². The van der Waals surface area contributed by atoms with Gasteiger partial charge < -0.3 is 11.5 Å². The summed E-state index contributed by atoms with van der Waals surface area (Å²) in [5, 5.41) is 0. The Kier molecular flexibility index (Phi) is 2.14. The molecule has 2 unspecified atom stereocenters. The van der Waals surface area contributed by atoms with Gasteiger partial charge in [-0.2, -0.15) is 0 Å². The average Bonchev–Trinajstić information content (AvgIpc) is 2.51. The summed E-state index contributed by atoms with van der Waals surface area (Å²) < 4.78 is 0.